The second kappa shape index (κ2) is 33.7. The van der Waals surface area contributed by atoms with Crippen molar-refractivity contribution in [2.45, 2.75) is 19.8 Å². The molecular weight excluding hydrogens is 564 g/mol. The van der Waals surface area contributed by atoms with Gasteiger partial charge in [-0.05, 0) is 6.92 Å². The van der Waals surface area contributed by atoms with E-state index in [0.29, 0.717) is 126 Å². The Morgan fingerprint density at radius 2 is 0.667 bits per heavy atom. The molecule has 15 nitrogen and oxygen atoms in total. The molecule has 0 saturated heterocycles. The molecule has 0 radical (unpaired) electrons. The lowest BCUT2D eigenvalue weighted by Gasteiger charge is -2.09. The molecule has 0 amide bonds. The van der Waals surface area contributed by atoms with Crippen molar-refractivity contribution in [1.82, 2.24) is 0 Å². The van der Waals surface area contributed by atoms with Crippen LogP contribution in [-0.2, 0) is 66.5 Å². The van der Waals surface area contributed by atoms with Crippen LogP contribution in [0.15, 0.2) is 0 Å². The second-order valence-corrected chi connectivity index (χ2v) is 8.16. The molecule has 0 aromatic heterocycles. The van der Waals surface area contributed by atoms with Gasteiger partial charge in [-0.2, -0.15) is 0 Å². The van der Waals surface area contributed by atoms with E-state index >= 15 is 0 Å². The minimum absolute atomic E-state index is 0.0163. The molecule has 0 aromatic carbocycles. The van der Waals surface area contributed by atoms with E-state index in [9.17, 15) is 14.4 Å². The van der Waals surface area contributed by atoms with E-state index in [1.54, 1.807) is 0 Å². The summed E-state index contributed by atoms with van der Waals surface area (Å²) in [7, 11) is 0. The van der Waals surface area contributed by atoms with Crippen molar-refractivity contribution < 1.29 is 71.6 Å². The maximum atomic E-state index is 11.3. The zero-order valence-electron chi connectivity index (χ0n) is 24.9. The first-order chi connectivity index (χ1) is 20.6. The van der Waals surface area contributed by atoms with Gasteiger partial charge in [0, 0.05) is 13.0 Å². The monoisotopic (exact) mass is 614 g/mol. The third-order valence-electron chi connectivity index (χ3n) is 4.84. The van der Waals surface area contributed by atoms with Crippen LogP contribution in [0.2, 0.25) is 0 Å². The standard InChI is InChI=1S/C27H50O15/c1-2-32-5-6-33-7-8-34-9-10-35-11-12-36-13-14-37-15-16-38-17-18-39-19-20-40-21-22-41-23-24-42-26(29)4-3-25(28)27(30)31/h2-24H2,1H3,(H,30,31). The predicted octanol–water partition coefficient (Wildman–Crippen LogP) is 0.149. The van der Waals surface area contributed by atoms with Crippen molar-refractivity contribution in [2.24, 2.45) is 0 Å². The number of esters is 1. The zero-order valence-corrected chi connectivity index (χ0v) is 24.9. The molecule has 0 aliphatic heterocycles. The smallest absolute Gasteiger partial charge is 0.372 e. The highest BCUT2D eigenvalue weighted by Crippen LogP contribution is 1.95. The summed E-state index contributed by atoms with van der Waals surface area (Å²) in [5.74, 6) is -3.23. The average molecular weight is 615 g/mol. The molecule has 248 valence electrons. The molecule has 0 fully saturated rings. The summed E-state index contributed by atoms with van der Waals surface area (Å²) < 4.78 is 58.4. The number of carbonyl (C=O) groups is 3. The predicted molar refractivity (Wildman–Crippen MR) is 147 cm³/mol. The maximum Gasteiger partial charge on any atom is 0.372 e. The Balaban J connectivity index is 3.12. The molecule has 0 aliphatic rings. The normalized spacial score (nSPS) is 11.2. The highest BCUT2D eigenvalue weighted by Gasteiger charge is 2.14. The summed E-state index contributed by atoms with van der Waals surface area (Å²) in [6.07, 6.45) is -0.656. The van der Waals surface area contributed by atoms with Crippen LogP contribution < -0.4 is 0 Å². The number of hydrogen-bond acceptors (Lipinski definition) is 14. The number of rotatable bonds is 35. The van der Waals surface area contributed by atoms with Gasteiger partial charge in [0.2, 0.25) is 5.78 Å². The van der Waals surface area contributed by atoms with Gasteiger partial charge in [-0.25, -0.2) is 4.79 Å². The van der Waals surface area contributed by atoms with E-state index in [4.69, 9.17) is 57.2 Å². The quantitative estimate of drug-likeness (QED) is 0.0580. The minimum Gasteiger partial charge on any atom is -0.476 e. The fraction of sp³-hybridized carbons (Fsp3) is 0.889. The molecular formula is C27H50O15. The Bertz CT molecular complexity index is 620. The Morgan fingerprint density at radius 3 is 0.929 bits per heavy atom. The maximum absolute atomic E-state index is 11.3. The largest absolute Gasteiger partial charge is 0.476 e. The third kappa shape index (κ3) is 32.7. The fourth-order valence-corrected chi connectivity index (χ4v) is 2.73. The third-order valence-corrected chi connectivity index (χ3v) is 4.84. The van der Waals surface area contributed by atoms with Crippen molar-refractivity contribution in [2.75, 3.05) is 139 Å². The second-order valence-electron chi connectivity index (χ2n) is 8.16. The van der Waals surface area contributed by atoms with Crippen molar-refractivity contribution in [1.29, 1.82) is 0 Å². The molecule has 1 N–H and O–H groups in total. The van der Waals surface area contributed by atoms with Crippen molar-refractivity contribution in [3.05, 3.63) is 0 Å². The van der Waals surface area contributed by atoms with E-state index in [-0.39, 0.29) is 26.1 Å². The molecule has 0 saturated carbocycles. The number of ketones is 1. The van der Waals surface area contributed by atoms with Gasteiger partial charge in [0.25, 0.3) is 0 Å². The van der Waals surface area contributed by atoms with E-state index in [1.165, 1.54) is 0 Å². The minimum atomic E-state index is -1.56. The Morgan fingerprint density at radius 1 is 0.405 bits per heavy atom. The summed E-state index contributed by atoms with van der Waals surface area (Å²) >= 11 is 0. The number of carbonyl (C=O) groups excluding carboxylic acids is 2. The van der Waals surface area contributed by atoms with Gasteiger partial charge in [0.05, 0.1) is 132 Å². The lowest BCUT2D eigenvalue weighted by Crippen LogP contribution is -2.17. The molecule has 42 heavy (non-hydrogen) atoms. The lowest BCUT2D eigenvalue weighted by atomic mass is 10.2. The number of ether oxygens (including phenoxy) is 11. The van der Waals surface area contributed by atoms with Crippen molar-refractivity contribution in [3.8, 4) is 0 Å². The number of aliphatic carboxylic acids is 1. The van der Waals surface area contributed by atoms with Crippen LogP contribution in [0, 0.1) is 0 Å². The van der Waals surface area contributed by atoms with E-state index in [0.717, 1.165) is 0 Å². The summed E-state index contributed by atoms with van der Waals surface area (Å²) in [6, 6.07) is 0. The Kier molecular flexibility index (Phi) is 32.3. The van der Waals surface area contributed by atoms with Gasteiger partial charge >= 0.3 is 11.9 Å². The molecule has 0 spiro atoms. The highest BCUT2D eigenvalue weighted by atomic mass is 16.6. The van der Waals surface area contributed by atoms with Crippen LogP contribution in [0.1, 0.15) is 19.8 Å². The molecule has 0 rings (SSSR count). The summed E-state index contributed by atoms with van der Waals surface area (Å²) in [6.45, 7) is 11.4. The van der Waals surface area contributed by atoms with Gasteiger partial charge in [-0.1, -0.05) is 0 Å². The van der Waals surface area contributed by atoms with Crippen LogP contribution in [0.3, 0.4) is 0 Å². The number of Topliss-reactive ketones (excluding diaryl/α,β-unsaturated/α-hetero) is 1. The van der Waals surface area contributed by atoms with Gasteiger partial charge < -0.3 is 57.2 Å². The zero-order chi connectivity index (χ0) is 30.8. The first-order valence-corrected chi connectivity index (χ1v) is 14.3. The summed E-state index contributed by atoms with van der Waals surface area (Å²) in [4.78, 5) is 32.6. The molecule has 0 unspecified atom stereocenters. The molecule has 0 aromatic rings. The molecule has 15 heteroatoms. The Hall–Kier alpha value is -1.79. The van der Waals surface area contributed by atoms with Crippen molar-refractivity contribution >= 4 is 17.7 Å². The number of carboxylic acid groups (broad SMARTS) is 1. The number of carboxylic acids is 1. The van der Waals surface area contributed by atoms with E-state index in [2.05, 4.69) is 0 Å². The highest BCUT2D eigenvalue weighted by molar-refractivity contribution is 6.32. The molecule has 0 heterocycles. The van der Waals surface area contributed by atoms with E-state index in [1.807, 2.05) is 6.92 Å². The van der Waals surface area contributed by atoms with Gasteiger partial charge in [-0.15, -0.1) is 0 Å². The van der Waals surface area contributed by atoms with Crippen LogP contribution >= 0.6 is 0 Å². The van der Waals surface area contributed by atoms with Gasteiger partial charge in [-0.3, -0.25) is 9.59 Å². The van der Waals surface area contributed by atoms with Crippen LogP contribution in [-0.4, -0.2) is 162 Å². The number of hydrogen-bond donors (Lipinski definition) is 1. The Labute approximate surface area is 248 Å². The van der Waals surface area contributed by atoms with E-state index < -0.39 is 17.7 Å². The molecule has 0 aliphatic carbocycles. The van der Waals surface area contributed by atoms with Gasteiger partial charge in [0.1, 0.15) is 6.61 Å². The fourth-order valence-electron chi connectivity index (χ4n) is 2.73. The average Bonchev–Trinajstić information content (AvgIpc) is 2.98. The molecule has 0 bridgehead atoms. The van der Waals surface area contributed by atoms with Crippen LogP contribution in [0.4, 0.5) is 0 Å². The lowest BCUT2D eigenvalue weighted by molar-refractivity contribution is -0.151. The summed E-state index contributed by atoms with van der Waals surface area (Å²) in [5, 5.41) is 8.43. The molecule has 0 atom stereocenters. The van der Waals surface area contributed by atoms with Crippen LogP contribution in [0.25, 0.3) is 0 Å². The van der Waals surface area contributed by atoms with Gasteiger partial charge in [0.15, 0.2) is 0 Å². The van der Waals surface area contributed by atoms with Crippen LogP contribution in [0.5, 0.6) is 0 Å². The first kappa shape index (κ1) is 40.2. The summed E-state index contributed by atoms with van der Waals surface area (Å²) in [5.41, 5.74) is 0. The van der Waals surface area contributed by atoms with Crippen molar-refractivity contribution in [3.63, 3.8) is 0 Å². The SMILES string of the molecule is CCOCCOCCOCCOCCOCCOCCOCCOCCOCCOCCOC(=O)CCC(=O)C(=O)O. The first-order valence-electron chi connectivity index (χ1n) is 14.3. The topological polar surface area (TPSA) is 173 Å².